The molecule has 2 aromatic carbocycles. The van der Waals surface area contributed by atoms with E-state index in [2.05, 4.69) is 15.4 Å². The van der Waals surface area contributed by atoms with Gasteiger partial charge in [-0.3, -0.25) is 14.5 Å². The van der Waals surface area contributed by atoms with Crippen LogP contribution in [-0.2, 0) is 13.0 Å². The maximum absolute atomic E-state index is 14.2. The quantitative estimate of drug-likeness (QED) is 0.464. The van der Waals surface area contributed by atoms with Crippen LogP contribution in [0, 0.1) is 12.7 Å². The largest absolute Gasteiger partial charge is 0.497 e. The molecule has 1 amide bonds. The fraction of sp³-hybridized carbons (Fsp3) is 0.160. The number of benzene rings is 2. The second-order valence-electron chi connectivity index (χ2n) is 7.47. The zero-order valence-corrected chi connectivity index (χ0v) is 17.9. The number of pyridine rings is 1. The summed E-state index contributed by atoms with van der Waals surface area (Å²) in [5, 5.41) is 7.36. The van der Waals surface area contributed by atoms with Crippen LogP contribution < -0.4 is 10.1 Å². The van der Waals surface area contributed by atoms with Gasteiger partial charge in [0.1, 0.15) is 5.75 Å². The minimum Gasteiger partial charge on any atom is -0.497 e. The summed E-state index contributed by atoms with van der Waals surface area (Å²) < 4.78 is 21.1. The van der Waals surface area contributed by atoms with E-state index < -0.39 is 11.7 Å². The van der Waals surface area contributed by atoms with E-state index in [1.54, 1.807) is 18.7 Å². The molecule has 4 aromatic rings. The maximum Gasteiger partial charge on any atom is 0.259 e. The third kappa shape index (κ3) is 5.00. The van der Waals surface area contributed by atoms with Gasteiger partial charge in [0.05, 0.1) is 25.4 Å². The molecule has 0 unspecified atom stereocenters. The monoisotopic (exact) mass is 430 g/mol. The van der Waals surface area contributed by atoms with Crippen LogP contribution in [-0.4, -0.2) is 27.8 Å². The van der Waals surface area contributed by atoms with Gasteiger partial charge in [-0.05, 0) is 36.2 Å². The molecule has 4 rings (SSSR count). The molecule has 2 aromatic heterocycles. The molecule has 0 radical (unpaired) electrons. The first-order valence-electron chi connectivity index (χ1n) is 10.2. The first kappa shape index (κ1) is 21.2. The van der Waals surface area contributed by atoms with Gasteiger partial charge in [0.2, 0.25) is 0 Å². The third-order valence-corrected chi connectivity index (χ3v) is 5.05. The van der Waals surface area contributed by atoms with E-state index >= 15 is 0 Å². The number of amides is 1. The number of ether oxygens (including phenoxy) is 1. The molecule has 0 atom stereocenters. The number of hydrogen-bond acceptors (Lipinski definition) is 4. The summed E-state index contributed by atoms with van der Waals surface area (Å²) in [5.74, 6) is -0.0461. The summed E-state index contributed by atoms with van der Waals surface area (Å²) in [6.07, 6.45) is 3.54. The molecule has 0 saturated carbocycles. The summed E-state index contributed by atoms with van der Waals surface area (Å²) in [4.78, 5) is 16.7. The fourth-order valence-electron chi connectivity index (χ4n) is 3.40. The number of nitrogens with zero attached hydrogens (tertiary/aromatic N) is 3. The normalized spacial score (nSPS) is 10.7. The Kier molecular flexibility index (Phi) is 6.26. The summed E-state index contributed by atoms with van der Waals surface area (Å²) in [5.41, 5.74) is 3.45. The number of methoxy groups -OCH3 is 1. The SMILES string of the molecule is COc1ccc(Cn2cc(Cc3ccccc3)c(NC(=O)c3cc(C)ncc3F)n2)cc1. The van der Waals surface area contributed by atoms with E-state index in [-0.39, 0.29) is 5.56 Å². The highest BCUT2D eigenvalue weighted by molar-refractivity contribution is 6.04. The van der Waals surface area contributed by atoms with Crippen LogP contribution in [0.5, 0.6) is 5.75 Å². The fourth-order valence-corrected chi connectivity index (χ4v) is 3.40. The summed E-state index contributed by atoms with van der Waals surface area (Å²) >= 11 is 0. The topological polar surface area (TPSA) is 69.0 Å². The molecule has 0 fully saturated rings. The van der Waals surface area contributed by atoms with E-state index in [4.69, 9.17) is 4.74 Å². The van der Waals surface area contributed by atoms with Crippen LogP contribution in [0.4, 0.5) is 10.2 Å². The highest BCUT2D eigenvalue weighted by Crippen LogP contribution is 2.21. The highest BCUT2D eigenvalue weighted by Gasteiger charge is 2.17. The average molecular weight is 430 g/mol. The smallest absolute Gasteiger partial charge is 0.259 e. The molecule has 7 heteroatoms. The Morgan fingerprint density at radius 2 is 1.84 bits per heavy atom. The lowest BCUT2D eigenvalue weighted by Gasteiger charge is -2.07. The number of rotatable bonds is 7. The number of hydrogen-bond donors (Lipinski definition) is 1. The van der Waals surface area contributed by atoms with Gasteiger partial charge in [-0.1, -0.05) is 42.5 Å². The van der Waals surface area contributed by atoms with Gasteiger partial charge < -0.3 is 10.1 Å². The lowest BCUT2D eigenvalue weighted by molar-refractivity contribution is 0.102. The molecule has 0 spiro atoms. The van der Waals surface area contributed by atoms with E-state index in [0.717, 1.165) is 28.6 Å². The Bertz CT molecular complexity index is 1220. The van der Waals surface area contributed by atoms with Crippen LogP contribution in [0.3, 0.4) is 0 Å². The molecule has 6 nitrogen and oxygen atoms in total. The Balaban J connectivity index is 1.62. The second-order valence-corrected chi connectivity index (χ2v) is 7.47. The summed E-state index contributed by atoms with van der Waals surface area (Å²) in [7, 11) is 1.63. The molecule has 0 aliphatic carbocycles. The lowest BCUT2D eigenvalue weighted by Crippen LogP contribution is -2.16. The minimum absolute atomic E-state index is 0.0622. The van der Waals surface area contributed by atoms with E-state index in [0.29, 0.717) is 24.5 Å². The van der Waals surface area contributed by atoms with E-state index in [1.165, 1.54) is 6.07 Å². The lowest BCUT2D eigenvalue weighted by atomic mass is 10.1. The molecular weight excluding hydrogens is 407 g/mol. The molecule has 162 valence electrons. The Labute approximate surface area is 185 Å². The van der Waals surface area contributed by atoms with E-state index in [1.807, 2.05) is 60.8 Å². The predicted octanol–water partition coefficient (Wildman–Crippen LogP) is 4.63. The predicted molar refractivity (Wildman–Crippen MR) is 120 cm³/mol. The van der Waals surface area contributed by atoms with Gasteiger partial charge in [-0.25, -0.2) is 4.39 Å². The van der Waals surface area contributed by atoms with Gasteiger partial charge in [-0.15, -0.1) is 0 Å². The van der Waals surface area contributed by atoms with Crippen molar-refractivity contribution < 1.29 is 13.9 Å². The molecule has 1 N–H and O–H groups in total. The minimum atomic E-state index is -0.671. The number of nitrogens with one attached hydrogen (secondary N) is 1. The molecule has 32 heavy (non-hydrogen) atoms. The van der Waals surface area contributed by atoms with Crippen molar-refractivity contribution in [3.8, 4) is 5.75 Å². The first-order chi connectivity index (χ1) is 15.5. The van der Waals surface area contributed by atoms with Gasteiger partial charge >= 0.3 is 0 Å². The highest BCUT2D eigenvalue weighted by atomic mass is 19.1. The standard InChI is InChI=1S/C25H23FN4O2/c1-17-12-22(23(26)14-27-17)25(31)28-24-20(13-18-6-4-3-5-7-18)16-30(29-24)15-19-8-10-21(32-2)11-9-19/h3-12,14,16H,13,15H2,1-2H3,(H,28,29,31). The van der Waals surface area contributed by atoms with Crippen LogP contribution >= 0.6 is 0 Å². The number of halogens is 1. The van der Waals surface area contributed by atoms with Crippen LogP contribution in [0.15, 0.2) is 73.1 Å². The summed E-state index contributed by atoms with van der Waals surface area (Å²) in [6, 6.07) is 19.0. The number of carbonyl (C=O) groups is 1. The average Bonchev–Trinajstić information content (AvgIpc) is 3.16. The van der Waals surface area contributed by atoms with Crippen molar-refractivity contribution in [2.45, 2.75) is 19.9 Å². The Morgan fingerprint density at radius 3 is 2.56 bits per heavy atom. The van der Waals surface area contributed by atoms with Crippen molar-refractivity contribution in [1.82, 2.24) is 14.8 Å². The van der Waals surface area contributed by atoms with Crippen molar-refractivity contribution in [2.75, 3.05) is 12.4 Å². The second kappa shape index (κ2) is 9.43. The Morgan fingerprint density at radius 1 is 1.09 bits per heavy atom. The molecule has 0 aliphatic heterocycles. The molecule has 0 aliphatic rings. The zero-order chi connectivity index (χ0) is 22.5. The van der Waals surface area contributed by atoms with Gasteiger partial charge in [0.25, 0.3) is 5.91 Å². The molecule has 0 bridgehead atoms. The number of aryl methyl sites for hydroxylation is 1. The van der Waals surface area contributed by atoms with Crippen molar-refractivity contribution >= 4 is 11.7 Å². The summed E-state index contributed by atoms with van der Waals surface area (Å²) in [6.45, 7) is 2.23. The van der Waals surface area contributed by atoms with Gasteiger partial charge in [0.15, 0.2) is 11.6 Å². The van der Waals surface area contributed by atoms with Crippen molar-refractivity contribution in [2.24, 2.45) is 0 Å². The van der Waals surface area contributed by atoms with Gasteiger partial charge in [-0.2, -0.15) is 5.10 Å². The third-order valence-electron chi connectivity index (χ3n) is 5.05. The molecule has 2 heterocycles. The van der Waals surface area contributed by atoms with Gasteiger partial charge in [0, 0.05) is 23.9 Å². The maximum atomic E-state index is 14.2. The van der Waals surface area contributed by atoms with Crippen LogP contribution in [0.1, 0.15) is 32.7 Å². The number of aromatic nitrogens is 3. The first-order valence-corrected chi connectivity index (χ1v) is 10.2. The van der Waals surface area contributed by atoms with Crippen molar-refractivity contribution in [3.05, 3.63) is 107 Å². The van der Waals surface area contributed by atoms with Crippen molar-refractivity contribution in [3.63, 3.8) is 0 Å². The van der Waals surface area contributed by atoms with Crippen LogP contribution in [0.2, 0.25) is 0 Å². The number of anilines is 1. The van der Waals surface area contributed by atoms with E-state index in [9.17, 15) is 9.18 Å². The van der Waals surface area contributed by atoms with Crippen LogP contribution in [0.25, 0.3) is 0 Å². The number of carbonyl (C=O) groups excluding carboxylic acids is 1. The molecular formula is C25H23FN4O2. The molecule has 0 saturated heterocycles. The Hall–Kier alpha value is -4.00. The zero-order valence-electron chi connectivity index (χ0n) is 17.9. The van der Waals surface area contributed by atoms with Crippen molar-refractivity contribution in [1.29, 1.82) is 0 Å².